The van der Waals surface area contributed by atoms with Crippen molar-refractivity contribution in [3.63, 3.8) is 0 Å². The van der Waals surface area contributed by atoms with Crippen LogP contribution >= 0.6 is 0 Å². The summed E-state index contributed by atoms with van der Waals surface area (Å²) in [4.78, 5) is 150. The first-order chi connectivity index (χ1) is 56.1. The molecule has 15 rings (SSSR count). The summed E-state index contributed by atoms with van der Waals surface area (Å²) in [6.07, 6.45) is 4.96. The van der Waals surface area contributed by atoms with Crippen molar-refractivity contribution in [3.05, 3.63) is 180 Å². The molecule has 8 aliphatic rings. The van der Waals surface area contributed by atoms with E-state index < -0.39 is 152 Å². The molecule has 117 heavy (non-hydrogen) atoms. The van der Waals surface area contributed by atoms with Gasteiger partial charge in [-0.05, 0) is 139 Å². The van der Waals surface area contributed by atoms with E-state index in [4.69, 9.17) is 18.9 Å². The third-order valence-electron chi connectivity index (χ3n) is 22.3. The van der Waals surface area contributed by atoms with Crippen molar-refractivity contribution in [3.8, 4) is 11.5 Å². The fourth-order valence-electron chi connectivity index (χ4n) is 15.0. The molecule has 32 heteroatoms. The molecule has 3 saturated heterocycles. The average Bonchev–Trinajstić information content (AvgIpc) is 1.68. The number of likely N-dealkylation sites (N-methyl/N-ethyl adjacent to an activating group) is 2. The number of hydrogen-bond acceptors (Lipinski definition) is 20. The first kappa shape index (κ1) is 85.2. The predicted molar refractivity (Wildman–Crippen MR) is 433 cm³/mol. The van der Waals surface area contributed by atoms with Crippen molar-refractivity contribution < 1.29 is 80.4 Å². The van der Waals surface area contributed by atoms with Crippen molar-refractivity contribution in [2.45, 2.75) is 183 Å². The van der Waals surface area contributed by atoms with Crippen LogP contribution in [-0.4, -0.2) is 223 Å². The normalized spacial score (nSPS) is 23.2. The summed E-state index contributed by atoms with van der Waals surface area (Å²) < 4.78 is 55.2. The highest BCUT2D eigenvalue weighted by Gasteiger charge is 2.49. The van der Waals surface area contributed by atoms with E-state index in [1.165, 1.54) is 14.5 Å². The van der Waals surface area contributed by atoms with Crippen LogP contribution in [0, 0.1) is 11.3 Å². The van der Waals surface area contributed by atoms with Gasteiger partial charge in [0.25, 0.3) is 5.91 Å². The topological polar surface area (TPSA) is 407 Å². The average molecular weight is 1630 g/mol. The lowest BCUT2D eigenvalue weighted by molar-refractivity contribution is -0.145. The zero-order valence-electron chi connectivity index (χ0n) is 66.7. The summed E-state index contributed by atoms with van der Waals surface area (Å²) >= 11 is 0. The van der Waals surface area contributed by atoms with Gasteiger partial charge in [-0.15, -0.1) is 5.10 Å². The number of fused-ring (bicyclic) bond motifs is 2. The van der Waals surface area contributed by atoms with Crippen molar-refractivity contribution in [1.82, 2.24) is 72.1 Å². The number of nitrogens with one attached hydrogen (secondary N) is 9. The molecule has 7 aliphatic heterocycles. The van der Waals surface area contributed by atoms with Crippen LogP contribution in [0.2, 0.25) is 0 Å². The van der Waals surface area contributed by atoms with Crippen LogP contribution in [0.4, 0.5) is 0 Å². The lowest BCUT2D eigenvalue weighted by Crippen LogP contribution is -2.60. The Labute approximate surface area is 679 Å². The predicted octanol–water partition coefficient (Wildman–Crippen LogP) is 3.80. The van der Waals surface area contributed by atoms with E-state index in [2.05, 4.69) is 57.6 Å². The highest BCUT2D eigenvalue weighted by atomic mass is 32.2. The molecule has 0 spiro atoms. The molecule has 10 N–H and O–H groups in total. The number of ether oxygens (including phenoxy) is 4. The number of likely N-dealkylation sites (tertiary alicyclic amines) is 2. The Balaban J connectivity index is 0.867. The first-order valence-corrected chi connectivity index (χ1v) is 41.3. The Bertz CT molecular complexity index is 4910. The molecule has 10 bridgehead atoms. The number of nitrogens with zero attached hydrogens (tertiary/aromatic N) is 5. The Morgan fingerprint density at radius 2 is 1.12 bits per heavy atom. The first-order valence-electron chi connectivity index (χ1n) is 39.8. The van der Waals surface area contributed by atoms with E-state index in [0.717, 1.165) is 21.5 Å². The number of carboxylic acids is 1. The van der Waals surface area contributed by atoms with Gasteiger partial charge < -0.3 is 76.4 Å². The lowest BCUT2D eigenvalue weighted by atomic mass is 9.85. The maximum absolute atomic E-state index is 15.4. The lowest BCUT2D eigenvalue weighted by Gasteiger charge is -2.36. The van der Waals surface area contributed by atoms with Gasteiger partial charge in [0, 0.05) is 64.8 Å². The van der Waals surface area contributed by atoms with Gasteiger partial charge in [-0.1, -0.05) is 141 Å². The molecule has 9 amide bonds. The molecule has 4 fully saturated rings. The minimum Gasteiger partial charge on any atom is -0.490 e. The zero-order valence-corrected chi connectivity index (χ0v) is 67.5. The van der Waals surface area contributed by atoms with Gasteiger partial charge in [0.05, 0.1) is 42.3 Å². The molecule has 622 valence electrons. The summed E-state index contributed by atoms with van der Waals surface area (Å²) in [5, 5.41) is 45.3. The number of hydrogen-bond donors (Lipinski definition) is 10. The molecule has 8 heterocycles. The molecule has 1 aromatic heterocycles. The number of amides is 9. The van der Waals surface area contributed by atoms with Gasteiger partial charge >= 0.3 is 5.97 Å². The second-order valence-corrected chi connectivity index (χ2v) is 33.8. The maximum Gasteiger partial charge on any atom is 0.326 e. The zero-order chi connectivity index (χ0) is 83.2. The SMILES string of the molecule is CN[C@@H](C)C(=O)N[C@H](C(=O)N1CC2CC1C(=O)N[C@@H](Cc1ccc3ccccc3c1)C(=O)N[C@H](C(=O)NS(=O)(=O)C1CC1)Cc1ccc(cc1)OCc1cn(nn1)C1C[C@@H](C(=O)N[C@@H](Cc3ccc4ccccc4c3)C(=O)N[C@H](C(=O)O)Cc3ccc(cc3)OC/C=C/CO2)N(C(=O)[C@@H](NC(=O)[C@H](C)NC)C(C)(C)C)C1)C1CCOCC1. The Morgan fingerprint density at radius 3 is 1.68 bits per heavy atom. The number of aliphatic carboxylic acids is 1. The highest BCUT2D eigenvalue weighted by Crippen LogP contribution is 2.34. The monoisotopic (exact) mass is 1620 g/mol. The van der Waals surface area contributed by atoms with E-state index in [0.29, 0.717) is 78.3 Å². The number of benzene rings is 6. The number of sulfonamides is 1. The molecule has 1 aliphatic carbocycles. The maximum atomic E-state index is 15.4. The van der Waals surface area contributed by atoms with Crippen molar-refractivity contribution in [2.24, 2.45) is 11.3 Å². The van der Waals surface area contributed by atoms with Gasteiger partial charge in [0.15, 0.2) is 0 Å². The molecule has 31 nitrogen and oxygen atoms in total. The van der Waals surface area contributed by atoms with Gasteiger partial charge in [0.1, 0.15) is 78.7 Å². The molecule has 7 aromatic rings. The van der Waals surface area contributed by atoms with E-state index >= 15 is 24.0 Å². The molecule has 6 aromatic carbocycles. The Kier molecular flexibility index (Phi) is 27.9. The van der Waals surface area contributed by atoms with E-state index in [-0.39, 0.29) is 77.4 Å². The smallest absolute Gasteiger partial charge is 0.326 e. The van der Waals surface area contributed by atoms with Gasteiger partial charge in [0.2, 0.25) is 57.3 Å². The van der Waals surface area contributed by atoms with E-state index in [1.807, 2.05) is 78.9 Å². The largest absolute Gasteiger partial charge is 0.490 e. The van der Waals surface area contributed by atoms with E-state index in [9.17, 15) is 37.5 Å². The van der Waals surface area contributed by atoms with Crippen LogP contribution in [0.25, 0.3) is 21.5 Å². The fraction of sp³-hybridized carbons (Fsp3) is 0.459. The number of aromatic nitrogens is 3. The van der Waals surface area contributed by atoms with Crippen LogP contribution in [0.3, 0.4) is 0 Å². The molecule has 3 unspecified atom stereocenters. The number of carbonyl (C=O) groups excluding carboxylic acids is 9. The van der Waals surface area contributed by atoms with Gasteiger partial charge in [-0.25, -0.2) is 17.9 Å². The molecule has 0 radical (unpaired) electrons. The second-order valence-electron chi connectivity index (χ2n) is 31.9. The third kappa shape index (κ3) is 22.1. The van der Waals surface area contributed by atoms with Gasteiger partial charge in [-0.3, -0.25) is 47.9 Å². The number of rotatable bonds is 17. The standard InChI is InChI=1S/C85H104N14O17S/c1-50(86-6)75(100)92-73(58-32-36-113-37-33-58)82(107)98-48-65-45-72(98)81(106)90-67(42-54-18-24-56-14-8-10-16-59(56)38-54)77(102)88-69(79(104)95-117(111,112)66-30-31-66)40-52-22-28-64(29-23-52)116-49-61-46-99(96-94-61)62-44-71(97(47-62)83(108)74(85(3,4)5)93-76(101)51(2)87-7)80(105)89-68(43-55-19-25-57-15-9-11-17-60(57)39-55)78(103)91-70(84(109)110)41-53-20-26-63(27-21-53)114-34-12-13-35-115-65/h8-29,38-39,46,50-51,58,62,65-74,86-87H,30-37,40-45,47-49H2,1-7H3,(H,88,102)(H,89,105)(H,90,106)(H,91,103)(H,92,100)(H,93,101)(H,95,104)(H,109,110)/b13-12+/t50-,51-,62?,65?,67-,68-,69-,70-,71-,72?,73-,74+/m0/s1. The van der Waals surface area contributed by atoms with Crippen molar-refractivity contribution in [1.29, 1.82) is 0 Å². The van der Waals surface area contributed by atoms with Crippen LogP contribution < -0.4 is 56.7 Å². The number of carbonyl (C=O) groups is 10. The second kappa shape index (κ2) is 38.3. The summed E-state index contributed by atoms with van der Waals surface area (Å²) in [6, 6.07) is 26.5. The molecular weight excluding hydrogens is 1520 g/mol. The Hall–Kier alpha value is -11.2. The minimum absolute atomic E-state index is 0.0144. The summed E-state index contributed by atoms with van der Waals surface area (Å²) in [7, 11) is -0.958. The molecule has 12 atom stereocenters. The number of carboxylic acid groups (broad SMARTS) is 1. The van der Waals surface area contributed by atoms with Crippen LogP contribution in [-0.2, 0) is 99.7 Å². The summed E-state index contributed by atoms with van der Waals surface area (Å²) in [5.41, 5.74) is 1.63. The summed E-state index contributed by atoms with van der Waals surface area (Å²) in [6.45, 7) is 8.94. The van der Waals surface area contributed by atoms with Gasteiger partial charge in [-0.2, -0.15) is 0 Å². The van der Waals surface area contributed by atoms with Crippen LogP contribution in [0.15, 0.2) is 152 Å². The molecule has 1 saturated carbocycles. The quantitative estimate of drug-likeness (QED) is 0.0580. The summed E-state index contributed by atoms with van der Waals surface area (Å²) in [5.74, 6) is -7.26. The van der Waals surface area contributed by atoms with Crippen molar-refractivity contribution >= 4 is 90.7 Å². The highest BCUT2D eigenvalue weighted by molar-refractivity contribution is 7.91. The minimum atomic E-state index is -4.18. The van der Waals surface area contributed by atoms with Crippen LogP contribution in [0.1, 0.15) is 107 Å². The Morgan fingerprint density at radius 1 is 0.598 bits per heavy atom. The fourth-order valence-corrected chi connectivity index (χ4v) is 16.4. The third-order valence-corrected chi connectivity index (χ3v) is 24.1. The van der Waals surface area contributed by atoms with Crippen molar-refractivity contribution in [2.75, 3.05) is 53.6 Å². The molecular formula is C85H104N14O17S. The van der Waals surface area contributed by atoms with E-state index in [1.54, 1.807) is 122 Å². The van der Waals surface area contributed by atoms with Crippen LogP contribution in [0.5, 0.6) is 11.5 Å².